The topological polar surface area (TPSA) is 76.1 Å². The van der Waals surface area contributed by atoms with Crippen molar-refractivity contribution in [3.05, 3.63) is 23.8 Å². The second kappa shape index (κ2) is 8.74. The maximum atomic E-state index is 12.9. The number of benzene rings is 1. The molecule has 0 radical (unpaired) electrons. The molecule has 138 valence electrons. The van der Waals surface area contributed by atoms with E-state index in [9.17, 15) is 14.7 Å². The van der Waals surface area contributed by atoms with Gasteiger partial charge in [-0.25, -0.2) is 4.79 Å². The predicted octanol–water partition coefficient (Wildman–Crippen LogP) is 3.20. The van der Waals surface area contributed by atoms with E-state index in [0.29, 0.717) is 49.2 Å². The Morgan fingerprint density at radius 2 is 2.00 bits per heavy atom. The minimum atomic E-state index is -0.951. The van der Waals surface area contributed by atoms with E-state index in [2.05, 4.69) is 0 Å². The first-order chi connectivity index (χ1) is 12.0. The van der Waals surface area contributed by atoms with Gasteiger partial charge < -0.3 is 19.5 Å². The minimum Gasteiger partial charge on any atom is -0.490 e. The van der Waals surface area contributed by atoms with E-state index in [1.807, 2.05) is 20.8 Å². The Bertz CT molecular complexity index is 616. The SMILES string of the molecule is CCCOc1ccc(C(=O)N2CCC(C)CC2C(=O)O)cc1OCC. The number of rotatable bonds is 7. The summed E-state index contributed by atoms with van der Waals surface area (Å²) in [5, 5.41) is 9.46. The number of hydrogen-bond acceptors (Lipinski definition) is 4. The first-order valence-electron chi connectivity index (χ1n) is 8.91. The van der Waals surface area contributed by atoms with Gasteiger partial charge >= 0.3 is 5.97 Å². The van der Waals surface area contributed by atoms with Crippen LogP contribution in [-0.2, 0) is 4.79 Å². The van der Waals surface area contributed by atoms with Gasteiger partial charge in [-0.1, -0.05) is 13.8 Å². The van der Waals surface area contributed by atoms with Crippen LogP contribution in [0.4, 0.5) is 0 Å². The smallest absolute Gasteiger partial charge is 0.326 e. The van der Waals surface area contributed by atoms with Crippen molar-refractivity contribution in [2.45, 2.75) is 46.1 Å². The van der Waals surface area contributed by atoms with E-state index in [1.165, 1.54) is 4.90 Å². The van der Waals surface area contributed by atoms with E-state index in [4.69, 9.17) is 9.47 Å². The molecule has 2 atom stereocenters. The maximum absolute atomic E-state index is 12.9. The van der Waals surface area contributed by atoms with Crippen LogP contribution >= 0.6 is 0 Å². The Hall–Kier alpha value is -2.24. The van der Waals surface area contributed by atoms with Gasteiger partial charge in [-0.2, -0.15) is 0 Å². The Labute approximate surface area is 148 Å². The molecule has 2 rings (SSSR count). The van der Waals surface area contributed by atoms with Crippen LogP contribution in [0.3, 0.4) is 0 Å². The molecule has 0 aliphatic carbocycles. The fraction of sp³-hybridized carbons (Fsp3) is 0.579. The lowest BCUT2D eigenvalue weighted by atomic mass is 9.92. The van der Waals surface area contributed by atoms with Crippen LogP contribution in [-0.4, -0.2) is 47.7 Å². The van der Waals surface area contributed by atoms with Gasteiger partial charge in [0.2, 0.25) is 0 Å². The van der Waals surface area contributed by atoms with Crippen LogP contribution in [0.2, 0.25) is 0 Å². The zero-order valence-electron chi connectivity index (χ0n) is 15.2. The van der Waals surface area contributed by atoms with Gasteiger partial charge in [-0.05, 0) is 50.3 Å². The summed E-state index contributed by atoms with van der Waals surface area (Å²) >= 11 is 0. The molecule has 1 fully saturated rings. The molecule has 1 aliphatic rings. The Balaban J connectivity index is 2.25. The van der Waals surface area contributed by atoms with E-state index < -0.39 is 12.0 Å². The van der Waals surface area contributed by atoms with Gasteiger partial charge in [0.1, 0.15) is 6.04 Å². The number of piperidine rings is 1. The lowest BCUT2D eigenvalue weighted by Crippen LogP contribution is -2.49. The molecule has 6 nitrogen and oxygen atoms in total. The second-order valence-corrected chi connectivity index (χ2v) is 6.43. The second-order valence-electron chi connectivity index (χ2n) is 6.43. The van der Waals surface area contributed by atoms with Gasteiger partial charge in [0, 0.05) is 12.1 Å². The average Bonchev–Trinajstić information content (AvgIpc) is 2.60. The summed E-state index contributed by atoms with van der Waals surface area (Å²) in [7, 11) is 0. The molecular formula is C19H27NO5. The van der Waals surface area contributed by atoms with Crippen molar-refractivity contribution in [1.29, 1.82) is 0 Å². The number of aliphatic carboxylic acids is 1. The number of nitrogens with zero attached hydrogens (tertiary/aromatic N) is 1. The lowest BCUT2D eigenvalue weighted by molar-refractivity contribution is -0.144. The van der Waals surface area contributed by atoms with Crippen molar-refractivity contribution in [2.75, 3.05) is 19.8 Å². The number of carboxylic acid groups (broad SMARTS) is 1. The molecule has 25 heavy (non-hydrogen) atoms. The molecule has 1 saturated heterocycles. The van der Waals surface area contributed by atoms with E-state index in [1.54, 1.807) is 18.2 Å². The number of hydrogen-bond donors (Lipinski definition) is 1. The molecule has 1 aromatic carbocycles. The third-order valence-electron chi connectivity index (χ3n) is 4.36. The third kappa shape index (κ3) is 4.65. The number of ether oxygens (including phenoxy) is 2. The molecule has 1 aromatic rings. The molecule has 0 saturated carbocycles. The number of carbonyl (C=O) groups excluding carboxylic acids is 1. The van der Waals surface area contributed by atoms with Crippen LogP contribution in [0.15, 0.2) is 18.2 Å². The normalized spacial score (nSPS) is 20.2. The molecule has 0 spiro atoms. The molecule has 1 heterocycles. The highest BCUT2D eigenvalue weighted by molar-refractivity contribution is 5.97. The number of likely N-dealkylation sites (tertiary alicyclic amines) is 1. The fourth-order valence-corrected chi connectivity index (χ4v) is 3.03. The molecule has 0 bridgehead atoms. The van der Waals surface area contributed by atoms with Crippen LogP contribution in [0.25, 0.3) is 0 Å². The summed E-state index contributed by atoms with van der Waals surface area (Å²) < 4.78 is 11.2. The van der Waals surface area contributed by atoms with Crippen LogP contribution in [0.5, 0.6) is 11.5 Å². The molecule has 1 aliphatic heterocycles. The predicted molar refractivity (Wildman–Crippen MR) is 94.3 cm³/mol. The van der Waals surface area contributed by atoms with Gasteiger partial charge in [0.05, 0.1) is 13.2 Å². The Morgan fingerprint density at radius 1 is 1.24 bits per heavy atom. The minimum absolute atomic E-state index is 0.276. The summed E-state index contributed by atoms with van der Waals surface area (Å²) in [6.45, 7) is 7.38. The van der Waals surface area contributed by atoms with Gasteiger partial charge in [0.25, 0.3) is 5.91 Å². The van der Waals surface area contributed by atoms with E-state index in [-0.39, 0.29) is 5.91 Å². The lowest BCUT2D eigenvalue weighted by Gasteiger charge is -2.36. The molecule has 0 aromatic heterocycles. The summed E-state index contributed by atoms with van der Waals surface area (Å²) in [4.78, 5) is 25.9. The van der Waals surface area contributed by atoms with E-state index >= 15 is 0 Å². The zero-order valence-corrected chi connectivity index (χ0v) is 15.2. The third-order valence-corrected chi connectivity index (χ3v) is 4.36. The zero-order chi connectivity index (χ0) is 18.4. The Kier molecular flexibility index (Phi) is 6.67. The summed E-state index contributed by atoms with van der Waals surface area (Å²) in [6.07, 6.45) is 2.17. The highest BCUT2D eigenvalue weighted by atomic mass is 16.5. The van der Waals surface area contributed by atoms with Crippen molar-refractivity contribution in [1.82, 2.24) is 4.90 Å². The molecule has 2 unspecified atom stereocenters. The van der Waals surface area contributed by atoms with Gasteiger partial charge in [-0.3, -0.25) is 4.79 Å². The Morgan fingerprint density at radius 3 is 2.64 bits per heavy atom. The van der Waals surface area contributed by atoms with Crippen LogP contribution < -0.4 is 9.47 Å². The monoisotopic (exact) mass is 349 g/mol. The highest BCUT2D eigenvalue weighted by Gasteiger charge is 2.35. The van der Waals surface area contributed by atoms with Crippen molar-refractivity contribution in [2.24, 2.45) is 5.92 Å². The quantitative estimate of drug-likeness (QED) is 0.818. The molecular weight excluding hydrogens is 322 g/mol. The van der Waals surface area contributed by atoms with Crippen LogP contribution in [0, 0.1) is 5.92 Å². The highest BCUT2D eigenvalue weighted by Crippen LogP contribution is 2.31. The molecule has 6 heteroatoms. The number of carbonyl (C=O) groups is 2. The fourth-order valence-electron chi connectivity index (χ4n) is 3.03. The number of amides is 1. The van der Waals surface area contributed by atoms with Crippen LogP contribution in [0.1, 0.15) is 50.4 Å². The van der Waals surface area contributed by atoms with Crippen molar-refractivity contribution >= 4 is 11.9 Å². The first kappa shape index (κ1) is 19.1. The number of carboxylic acids is 1. The average molecular weight is 349 g/mol. The maximum Gasteiger partial charge on any atom is 0.326 e. The van der Waals surface area contributed by atoms with Crippen molar-refractivity contribution < 1.29 is 24.2 Å². The summed E-state index contributed by atoms with van der Waals surface area (Å²) in [5.41, 5.74) is 0.424. The summed E-state index contributed by atoms with van der Waals surface area (Å²) in [5.74, 6) is 0.186. The largest absolute Gasteiger partial charge is 0.490 e. The standard InChI is InChI=1S/C19H27NO5/c1-4-10-25-16-7-6-14(12-17(16)24-5-2)18(21)20-9-8-13(3)11-15(20)19(22)23/h6-7,12-13,15H,4-5,8-11H2,1-3H3,(H,22,23). The molecule has 1 N–H and O–H groups in total. The van der Waals surface area contributed by atoms with Crippen molar-refractivity contribution in [3.8, 4) is 11.5 Å². The van der Waals surface area contributed by atoms with E-state index in [0.717, 1.165) is 12.8 Å². The summed E-state index contributed by atoms with van der Waals surface area (Å²) in [6, 6.07) is 4.26. The van der Waals surface area contributed by atoms with Gasteiger partial charge in [-0.15, -0.1) is 0 Å². The van der Waals surface area contributed by atoms with Gasteiger partial charge in [0.15, 0.2) is 11.5 Å². The van der Waals surface area contributed by atoms with Crippen molar-refractivity contribution in [3.63, 3.8) is 0 Å². The first-order valence-corrected chi connectivity index (χ1v) is 8.91. The molecule has 1 amide bonds.